The summed E-state index contributed by atoms with van der Waals surface area (Å²) in [6.45, 7) is 0. The van der Waals surface area contributed by atoms with E-state index in [2.05, 4.69) is 25.9 Å². The van der Waals surface area contributed by atoms with E-state index in [0.717, 1.165) is 0 Å². The van der Waals surface area contributed by atoms with E-state index in [1.165, 1.54) is 6.07 Å². The van der Waals surface area contributed by atoms with Gasteiger partial charge in [-0.1, -0.05) is 12.1 Å². The van der Waals surface area contributed by atoms with Gasteiger partial charge in [0.1, 0.15) is 4.60 Å². The summed E-state index contributed by atoms with van der Waals surface area (Å²) in [7, 11) is 0. The fourth-order valence-electron chi connectivity index (χ4n) is 1.16. The van der Waals surface area contributed by atoms with Crippen LogP contribution in [0.15, 0.2) is 28.9 Å². The van der Waals surface area contributed by atoms with Crippen molar-refractivity contribution in [1.29, 1.82) is 0 Å². The highest BCUT2D eigenvalue weighted by Gasteiger charge is 2.36. The van der Waals surface area contributed by atoms with Crippen LogP contribution in [0.4, 0.5) is 13.2 Å². The molecule has 1 aromatic carbocycles. The average Bonchev–Trinajstić information content (AvgIpc) is 2.15. The van der Waals surface area contributed by atoms with Gasteiger partial charge in [-0.15, -0.1) is 0 Å². The third kappa shape index (κ3) is 1.94. The number of fused-ring (bicyclic) bond motifs is 1. The van der Waals surface area contributed by atoms with Crippen LogP contribution in [-0.2, 0) is 6.18 Å². The molecule has 0 unspecified atom stereocenters. The maximum Gasteiger partial charge on any atom is 0.436 e. The van der Waals surface area contributed by atoms with Gasteiger partial charge in [0.15, 0.2) is 5.69 Å². The quantitative estimate of drug-likeness (QED) is 0.737. The Morgan fingerprint density at radius 1 is 1.00 bits per heavy atom. The van der Waals surface area contributed by atoms with Crippen molar-refractivity contribution in [3.05, 3.63) is 34.6 Å². The third-order valence-electron chi connectivity index (χ3n) is 1.80. The second-order valence-electron chi connectivity index (χ2n) is 2.85. The zero-order valence-electron chi connectivity index (χ0n) is 7.22. The number of aromatic nitrogens is 2. The van der Waals surface area contributed by atoms with Crippen molar-refractivity contribution in [3.8, 4) is 0 Å². The smallest absolute Gasteiger partial charge is 0.239 e. The third-order valence-corrected chi connectivity index (χ3v) is 2.35. The van der Waals surface area contributed by atoms with Crippen LogP contribution in [0.5, 0.6) is 0 Å². The summed E-state index contributed by atoms with van der Waals surface area (Å²) in [5, 5.41) is 0. The predicted octanol–water partition coefficient (Wildman–Crippen LogP) is 3.41. The maximum atomic E-state index is 12.4. The van der Waals surface area contributed by atoms with E-state index in [0.29, 0.717) is 5.52 Å². The Morgan fingerprint density at radius 2 is 1.53 bits per heavy atom. The predicted molar refractivity (Wildman–Crippen MR) is 52.2 cm³/mol. The zero-order chi connectivity index (χ0) is 11.1. The normalized spacial score (nSPS) is 12.0. The molecule has 0 spiro atoms. The van der Waals surface area contributed by atoms with Gasteiger partial charge >= 0.3 is 6.18 Å². The van der Waals surface area contributed by atoms with Crippen LogP contribution in [-0.4, -0.2) is 9.97 Å². The molecular weight excluding hydrogens is 273 g/mol. The molecule has 15 heavy (non-hydrogen) atoms. The van der Waals surface area contributed by atoms with Gasteiger partial charge in [-0.25, -0.2) is 9.97 Å². The Morgan fingerprint density at radius 3 is 2.07 bits per heavy atom. The van der Waals surface area contributed by atoms with Crippen LogP contribution in [0, 0.1) is 0 Å². The SMILES string of the molecule is FC(F)(F)c1nc2ccccc2nc1Br. The number of halogens is 4. The summed E-state index contributed by atoms with van der Waals surface area (Å²) in [6, 6.07) is 6.40. The minimum Gasteiger partial charge on any atom is -0.239 e. The Kier molecular flexibility index (Phi) is 2.38. The minimum absolute atomic E-state index is 0.230. The molecule has 0 amide bonds. The first-order valence-corrected chi connectivity index (χ1v) is 4.77. The molecule has 1 heterocycles. The summed E-state index contributed by atoms with van der Waals surface area (Å²) >= 11 is 2.76. The Bertz CT molecular complexity index is 510. The van der Waals surface area contributed by atoms with Gasteiger partial charge in [0.25, 0.3) is 0 Å². The lowest BCUT2D eigenvalue weighted by atomic mass is 10.3. The largest absolute Gasteiger partial charge is 0.436 e. The molecule has 1 aromatic heterocycles. The molecule has 6 heteroatoms. The van der Waals surface area contributed by atoms with Crippen molar-refractivity contribution in [2.75, 3.05) is 0 Å². The second-order valence-corrected chi connectivity index (χ2v) is 3.60. The van der Waals surface area contributed by atoms with Gasteiger partial charge in [-0.3, -0.25) is 0 Å². The molecule has 0 aliphatic carbocycles. The summed E-state index contributed by atoms with van der Waals surface area (Å²) in [5.41, 5.74) is -0.341. The van der Waals surface area contributed by atoms with Crippen LogP contribution < -0.4 is 0 Å². The summed E-state index contributed by atoms with van der Waals surface area (Å²) in [4.78, 5) is 7.29. The highest BCUT2D eigenvalue weighted by atomic mass is 79.9. The summed E-state index contributed by atoms with van der Waals surface area (Å²) in [5.74, 6) is 0. The lowest BCUT2D eigenvalue weighted by Crippen LogP contribution is -2.10. The number of hydrogen-bond acceptors (Lipinski definition) is 2. The zero-order valence-corrected chi connectivity index (χ0v) is 8.80. The first kappa shape index (κ1) is 10.4. The van der Waals surface area contributed by atoms with Crippen molar-refractivity contribution in [2.45, 2.75) is 6.18 Å². The lowest BCUT2D eigenvalue weighted by Gasteiger charge is -2.08. The van der Waals surface area contributed by atoms with Crippen molar-refractivity contribution in [1.82, 2.24) is 9.97 Å². The first-order chi connectivity index (χ1) is 6.98. The molecule has 0 atom stereocenters. The van der Waals surface area contributed by atoms with E-state index in [1.54, 1.807) is 18.2 Å². The van der Waals surface area contributed by atoms with E-state index in [1.807, 2.05) is 0 Å². The summed E-state index contributed by atoms with van der Waals surface area (Å²) < 4.78 is 37.0. The first-order valence-electron chi connectivity index (χ1n) is 3.98. The number of para-hydroxylation sites is 2. The highest BCUT2D eigenvalue weighted by Crippen LogP contribution is 2.33. The van der Waals surface area contributed by atoms with Gasteiger partial charge in [-0.05, 0) is 28.1 Å². The molecule has 0 saturated heterocycles. The number of benzene rings is 1. The molecule has 0 bridgehead atoms. The molecular formula is C9H4BrF3N2. The van der Waals surface area contributed by atoms with E-state index in [-0.39, 0.29) is 10.1 Å². The van der Waals surface area contributed by atoms with Gasteiger partial charge in [-0.2, -0.15) is 13.2 Å². The second kappa shape index (κ2) is 3.44. The Balaban J connectivity index is 2.73. The Hall–Kier alpha value is -1.17. The van der Waals surface area contributed by atoms with Crippen LogP contribution in [0.25, 0.3) is 11.0 Å². The van der Waals surface area contributed by atoms with E-state index in [4.69, 9.17) is 0 Å². The van der Waals surface area contributed by atoms with Crippen molar-refractivity contribution in [2.24, 2.45) is 0 Å². The topological polar surface area (TPSA) is 25.8 Å². The molecule has 0 aliphatic heterocycles. The minimum atomic E-state index is -4.49. The van der Waals surface area contributed by atoms with Gasteiger partial charge in [0, 0.05) is 0 Å². The maximum absolute atomic E-state index is 12.4. The van der Waals surface area contributed by atoms with E-state index >= 15 is 0 Å². The molecule has 0 saturated carbocycles. The van der Waals surface area contributed by atoms with Crippen LogP contribution in [0.3, 0.4) is 0 Å². The van der Waals surface area contributed by atoms with Crippen molar-refractivity contribution < 1.29 is 13.2 Å². The molecule has 2 aromatic rings. The average molecular weight is 277 g/mol. The van der Waals surface area contributed by atoms with Gasteiger partial charge in [0.05, 0.1) is 11.0 Å². The molecule has 0 radical (unpaired) electrons. The number of alkyl halides is 3. The van der Waals surface area contributed by atoms with Gasteiger partial charge < -0.3 is 0 Å². The number of rotatable bonds is 0. The van der Waals surface area contributed by atoms with Crippen LogP contribution >= 0.6 is 15.9 Å². The summed E-state index contributed by atoms with van der Waals surface area (Å²) in [6.07, 6.45) is -4.49. The number of hydrogen-bond donors (Lipinski definition) is 0. The number of nitrogens with zero attached hydrogens (tertiary/aromatic N) is 2. The van der Waals surface area contributed by atoms with E-state index < -0.39 is 11.9 Å². The molecule has 0 aliphatic rings. The Labute approximate surface area is 91.3 Å². The molecule has 78 valence electrons. The molecule has 2 nitrogen and oxygen atoms in total. The fraction of sp³-hybridized carbons (Fsp3) is 0.111. The highest BCUT2D eigenvalue weighted by molar-refractivity contribution is 9.10. The molecule has 2 rings (SSSR count). The fourth-order valence-corrected chi connectivity index (χ4v) is 1.66. The molecule has 0 N–H and O–H groups in total. The molecule has 0 fully saturated rings. The van der Waals surface area contributed by atoms with Crippen LogP contribution in [0.2, 0.25) is 0 Å². The van der Waals surface area contributed by atoms with Gasteiger partial charge in [0.2, 0.25) is 0 Å². The van der Waals surface area contributed by atoms with Crippen LogP contribution in [0.1, 0.15) is 5.69 Å². The standard InChI is InChI=1S/C9H4BrF3N2/c10-8-7(9(11,12)13)14-5-3-1-2-4-6(5)15-8/h1-4H. The monoisotopic (exact) mass is 276 g/mol. The van der Waals surface area contributed by atoms with E-state index in [9.17, 15) is 13.2 Å². The van der Waals surface area contributed by atoms with Crippen molar-refractivity contribution in [3.63, 3.8) is 0 Å². The van der Waals surface area contributed by atoms with Crippen molar-refractivity contribution >= 4 is 27.0 Å². The lowest BCUT2D eigenvalue weighted by molar-refractivity contribution is -0.141.